The zero-order valence-corrected chi connectivity index (χ0v) is 13.5. The smallest absolute Gasteiger partial charge is 0.220 e. The van der Waals surface area contributed by atoms with Crippen LogP contribution in [0.2, 0.25) is 4.34 Å². The van der Waals surface area contributed by atoms with Crippen LogP contribution in [0.5, 0.6) is 5.75 Å². The van der Waals surface area contributed by atoms with Crippen molar-refractivity contribution >= 4 is 28.8 Å². The monoisotopic (exact) mass is 323 g/mol. The first kappa shape index (κ1) is 15.9. The van der Waals surface area contributed by atoms with Crippen LogP contribution >= 0.6 is 22.9 Å². The van der Waals surface area contributed by atoms with Crippen LogP contribution in [0.3, 0.4) is 0 Å². The molecule has 2 rings (SSSR count). The second-order valence-electron chi connectivity index (χ2n) is 4.65. The summed E-state index contributed by atoms with van der Waals surface area (Å²) in [5.74, 6) is 0.909. The van der Waals surface area contributed by atoms with Crippen molar-refractivity contribution < 1.29 is 9.53 Å². The number of carbonyl (C=O) groups is 1. The summed E-state index contributed by atoms with van der Waals surface area (Å²) in [6.45, 7) is 0.651. The topological polar surface area (TPSA) is 38.3 Å². The number of carbonyl (C=O) groups excluding carboxylic acids is 1. The van der Waals surface area contributed by atoms with Gasteiger partial charge in [0, 0.05) is 17.8 Å². The third kappa shape index (κ3) is 5.40. The quantitative estimate of drug-likeness (QED) is 0.843. The van der Waals surface area contributed by atoms with E-state index in [-0.39, 0.29) is 5.91 Å². The van der Waals surface area contributed by atoms with Crippen LogP contribution in [-0.2, 0) is 17.6 Å². The van der Waals surface area contributed by atoms with Gasteiger partial charge < -0.3 is 10.1 Å². The Hall–Kier alpha value is -1.52. The van der Waals surface area contributed by atoms with Crippen LogP contribution in [0.4, 0.5) is 0 Å². The summed E-state index contributed by atoms with van der Waals surface area (Å²) in [6.07, 6.45) is 2.06. The number of amides is 1. The average Bonchev–Trinajstić information content (AvgIpc) is 2.91. The fraction of sp³-hybridized carbons (Fsp3) is 0.312. The van der Waals surface area contributed by atoms with E-state index in [1.807, 2.05) is 36.4 Å². The largest absolute Gasteiger partial charge is 0.497 e. The van der Waals surface area contributed by atoms with E-state index in [4.69, 9.17) is 16.3 Å². The molecular weight excluding hydrogens is 306 g/mol. The first-order chi connectivity index (χ1) is 10.2. The van der Waals surface area contributed by atoms with Gasteiger partial charge in [-0.2, -0.15) is 0 Å². The Morgan fingerprint density at radius 3 is 2.57 bits per heavy atom. The van der Waals surface area contributed by atoms with Gasteiger partial charge in [-0.25, -0.2) is 0 Å². The third-order valence-electron chi connectivity index (χ3n) is 3.12. The Kier molecular flexibility index (Phi) is 6.08. The maximum absolute atomic E-state index is 11.8. The first-order valence-electron chi connectivity index (χ1n) is 6.81. The van der Waals surface area contributed by atoms with Crippen molar-refractivity contribution in [3.63, 3.8) is 0 Å². The van der Waals surface area contributed by atoms with Gasteiger partial charge in [0.05, 0.1) is 11.4 Å². The second-order valence-corrected chi connectivity index (χ2v) is 6.45. The van der Waals surface area contributed by atoms with Crippen molar-refractivity contribution in [2.75, 3.05) is 13.7 Å². The average molecular weight is 324 g/mol. The van der Waals surface area contributed by atoms with Crippen molar-refractivity contribution in [3.05, 3.63) is 51.2 Å². The predicted molar refractivity (Wildman–Crippen MR) is 87.4 cm³/mol. The summed E-state index contributed by atoms with van der Waals surface area (Å²) >= 11 is 7.42. The van der Waals surface area contributed by atoms with Crippen LogP contribution in [0.25, 0.3) is 0 Å². The molecule has 0 bridgehead atoms. The molecule has 0 saturated carbocycles. The van der Waals surface area contributed by atoms with E-state index in [2.05, 4.69) is 5.32 Å². The summed E-state index contributed by atoms with van der Waals surface area (Å²) in [5.41, 5.74) is 1.14. The summed E-state index contributed by atoms with van der Waals surface area (Å²) < 4.78 is 5.89. The number of hydrogen-bond acceptors (Lipinski definition) is 3. The molecule has 1 amide bonds. The fourth-order valence-corrected chi connectivity index (χ4v) is 3.04. The van der Waals surface area contributed by atoms with E-state index in [0.29, 0.717) is 13.0 Å². The summed E-state index contributed by atoms with van der Waals surface area (Å²) in [4.78, 5) is 13.0. The van der Waals surface area contributed by atoms with Crippen molar-refractivity contribution in [1.82, 2.24) is 5.32 Å². The van der Waals surface area contributed by atoms with E-state index >= 15 is 0 Å². The molecule has 0 atom stereocenters. The lowest BCUT2D eigenvalue weighted by molar-refractivity contribution is -0.121. The van der Waals surface area contributed by atoms with Gasteiger partial charge in [-0.3, -0.25) is 4.79 Å². The zero-order valence-electron chi connectivity index (χ0n) is 11.9. The maximum atomic E-state index is 11.8. The molecule has 3 nitrogen and oxygen atoms in total. The number of methoxy groups -OCH3 is 1. The molecule has 0 saturated heterocycles. The first-order valence-corrected chi connectivity index (χ1v) is 8.00. The van der Waals surface area contributed by atoms with Crippen LogP contribution in [0.15, 0.2) is 36.4 Å². The lowest BCUT2D eigenvalue weighted by Crippen LogP contribution is -2.25. The van der Waals surface area contributed by atoms with Crippen LogP contribution in [0.1, 0.15) is 16.9 Å². The molecule has 0 aliphatic rings. The molecule has 0 aliphatic heterocycles. The molecule has 0 fully saturated rings. The molecule has 1 aromatic heterocycles. The SMILES string of the molecule is COc1ccc(CCC(=O)NCCc2ccc(Cl)s2)cc1. The molecule has 1 aromatic carbocycles. The molecule has 5 heteroatoms. The Labute approximate surface area is 133 Å². The molecular formula is C16H18ClNO2S. The molecule has 0 spiro atoms. The molecule has 1 N–H and O–H groups in total. The van der Waals surface area contributed by atoms with Crippen molar-refractivity contribution in [2.45, 2.75) is 19.3 Å². The summed E-state index contributed by atoms with van der Waals surface area (Å²) in [6, 6.07) is 11.7. The van der Waals surface area contributed by atoms with Gasteiger partial charge in [-0.05, 0) is 42.7 Å². The Morgan fingerprint density at radius 2 is 1.95 bits per heavy atom. The predicted octanol–water partition coefficient (Wildman–Crippen LogP) is 3.70. The van der Waals surface area contributed by atoms with Gasteiger partial charge >= 0.3 is 0 Å². The van der Waals surface area contributed by atoms with Gasteiger partial charge in [0.1, 0.15) is 5.75 Å². The van der Waals surface area contributed by atoms with E-state index < -0.39 is 0 Å². The second kappa shape index (κ2) is 8.05. The van der Waals surface area contributed by atoms with Crippen LogP contribution in [-0.4, -0.2) is 19.6 Å². The lowest BCUT2D eigenvalue weighted by atomic mass is 10.1. The van der Waals surface area contributed by atoms with Crippen molar-refractivity contribution in [1.29, 1.82) is 0 Å². The van der Waals surface area contributed by atoms with Gasteiger partial charge in [0.2, 0.25) is 5.91 Å². The molecule has 2 aromatic rings. The highest BCUT2D eigenvalue weighted by Crippen LogP contribution is 2.21. The number of ether oxygens (including phenoxy) is 1. The van der Waals surface area contributed by atoms with Crippen molar-refractivity contribution in [3.8, 4) is 5.75 Å². The molecule has 0 unspecified atom stereocenters. The maximum Gasteiger partial charge on any atom is 0.220 e. The Bertz CT molecular complexity index is 580. The zero-order chi connectivity index (χ0) is 15.1. The third-order valence-corrected chi connectivity index (χ3v) is 4.41. The highest BCUT2D eigenvalue weighted by molar-refractivity contribution is 7.16. The summed E-state index contributed by atoms with van der Waals surface area (Å²) in [5, 5.41) is 2.93. The highest BCUT2D eigenvalue weighted by Gasteiger charge is 2.03. The normalized spacial score (nSPS) is 10.4. The highest BCUT2D eigenvalue weighted by atomic mass is 35.5. The number of aryl methyl sites for hydroxylation is 1. The molecule has 0 radical (unpaired) electrons. The van der Waals surface area contributed by atoms with E-state index in [1.54, 1.807) is 18.4 Å². The minimum absolute atomic E-state index is 0.0773. The lowest BCUT2D eigenvalue weighted by Gasteiger charge is -2.05. The molecule has 0 aliphatic carbocycles. The number of benzene rings is 1. The van der Waals surface area contributed by atoms with Crippen LogP contribution < -0.4 is 10.1 Å². The molecule has 1 heterocycles. The van der Waals surface area contributed by atoms with E-state index in [9.17, 15) is 4.79 Å². The summed E-state index contributed by atoms with van der Waals surface area (Å²) in [7, 11) is 1.64. The number of thiophene rings is 1. The van der Waals surface area contributed by atoms with Gasteiger partial charge in [0.15, 0.2) is 0 Å². The van der Waals surface area contributed by atoms with Gasteiger partial charge in [0.25, 0.3) is 0 Å². The number of rotatable bonds is 7. The fourth-order valence-electron chi connectivity index (χ4n) is 1.95. The number of halogens is 1. The molecule has 21 heavy (non-hydrogen) atoms. The standard InChI is InChI=1S/C16H18ClNO2S/c1-20-13-5-2-12(3-6-13)4-9-16(19)18-11-10-14-7-8-15(17)21-14/h2-3,5-8H,4,9-11H2,1H3,(H,18,19). The van der Waals surface area contributed by atoms with E-state index in [0.717, 1.165) is 28.5 Å². The van der Waals surface area contributed by atoms with Gasteiger partial charge in [-0.15, -0.1) is 11.3 Å². The minimum Gasteiger partial charge on any atom is -0.497 e. The number of hydrogen-bond donors (Lipinski definition) is 1. The van der Waals surface area contributed by atoms with Crippen LogP contribution in [0, 0.1) is 0 Å². The molecule has 112 valence electrons. The number of nitrogens with one attached hydrogen (secondary N) is 1. The van der Waals surface area contributed by atoms with E-state index in [1.165, 1.54) is 4.88 Å². The Balaban J connectivity index is 1.67. The van der Waals surface area contributed by atoms with Crippen molar-refractivity contribution in [2.24, 2.45) is 0 Å². The minimum atomic E-state index is 0.0773. The van der Waals surface area contributed by atoms with Gasteiger partial charge in [-0.1, -0.05) is 23.7 Å². The Morgan fingerprint density at radius 1 is 1.19 bits per heavy atom.